The molecule has 242 valence electrons. The van der Waals surface area contributed by atoms with Crippen LogP contribution in [0.15, 0.2) is 65.6 Å². The highest BCUT2D eigenvalue weighted by molar-refractivity contribution is 7.92. The summed E-state index contributed by atoms with van der Waals surface area (Å²) in [4.78, 5) is 29.2. The van der Waals surface area contributed by atoms with Gasteiger partial charge < -0.3 is 19.7 Å². The van der Waals surface area contributed by atoms with Gasteiger partial charge in [-0.3, -0.25) is 13.9 Å². The van der Waals surface area contributed by atoms with Crippen LogP contribution in [0.2, 0.25) is 10.0 Å². The summed E-state index contributed by atoms with van der Waals surface area (Å²) in [7, 11) is -1.33. The molecule has 9 nitrogen and oxygen atoms in total. The van der Waals surface area contributed by atoms with Gasteiger partial charge in [-0.05, 0) is 68.7 Å². The van der Waals surface area contributed by atoms with Gasteiger partial charge in [-0.25, -0.2) is 8.42 Å². The Morgan fingerprint density at radius 3 is 2.20 bits per heavy atom. The summed E-state index contributed by atoms with van der Waals surface area (Å²) < 4.78 is 40.1. The molecular formula is C33H39Cl2N3O6S. The van der Waals surface area contributed by atoms with E-state index in [-0.39, 0.29) is 29.1 Å². The summed E-state index contributed by atoms with van der Waals surface area (Å²) in [6.45, 7) is 2.91. The first-order valence-electron chi connectivity index (χ1n) is 14.8. The summed E-state index contributed by atoms with van der Waals surface area (Å²) in [6, 6.07) is 15.1. The molecule has 0 saturated heterocycles. The molecule has 0 bridgehead atoms. The van der Waals surface area contributed by atoms with E-state index in [0.29, 0.717) is 27.1 Å². The minimum Gasteiger partial charge on any atom is -0.493 e. The van der Waals surface area contributed by atoms with Crippen LogP contribution >= 0.6 is 23.2 Å². The van der Waals surface area contributed by atoms with Crippen LogP contribution in [0.4, 0.5) is 5.69 Å². The number of hydrogen-bond donors (Lipinski definition) is 1. The van der Waals surface area contributed by atoms with Gasteiger partial charge in [0.05, 0.1) is 34.8 Å². The number of carbonyl (C=O) groups excluding carboxylic acids is 2. The number of aryl methyl sites for hydroxylation is 1. The van der Waals surface area contributed by atoms with E-state index in [0.717, 1.165) is 42.0 Å². The number of ether oxygens (including phenoxy) is 2. The number of sulfonamides is 1. The summed E-state index contributed by atoms with van der Waals surface area (Å²) in [5.41, 5.74) is 1.71. The average molecular weight is 677 g/mol. The minimum absolute atomic E-state index is 0.000666. The molecule has 1 atom stereocenters. The van der Waals surface area contributed by atoms with Crippen molar-refractivity contribution in [2.45, 2.75) is 69.5 Å². The second-order valence-electron chi connectivity index (χ2n) is 11.2. The zero-order valence-electron chi connectivity index (χ0n) is 25.9. The molecule has 4 rings (SSSR count). The molecule has 0 aromatic heterocycles. The third-order valence-corrected chi connectivity index (χ3v) is 10.5. The number of carbonyl (C=O) groups is 2. The smallest absolute Gasteiger partial charge is 0.264 e. The third kappa shape index (κ3) is 8.42. The molecule has 12 heteroatoms. The number of hydrogen-bond acceptors (Lipinski definition) is 6. The topological polar surface area (TPSA) is 105 Å². The molecule has 1 fully saturated rings. The lowest BCUT2D eigenvalue weighted by Gasteiger charge is -2.33. The summed E-state index contributed by atoms with van der Waals surface area (Å²) in [5, 5.41) is 3.74. The number of nitrogens with one attached hydrogen (secondary N) is 1. The molecule has 2 amide bonds. The Labute approximate surface area is 275 Å². The number of anilines is 1. The van der Waals surface area contributed by atoms with Gasteiger partial charge in [-0.1, -0.05) is 66.2 Å². The predicted molar refractivity (Wildman–Crippen MR) is 177 cm³/mol. The van der Waals surface area contributed by atoms with Crippen molar-refractivity contribution >= 4 is 50.7 Å². The first kappa shape index (κ1) is 34.4. The Bertz CT molecular complexity index is 1610. The van der Waals surface area contributed by atoms with Crippen molar-refractivity contribution in [3.8, 4) is 11.5 Å². The molecule has 45 heavy (non-hydrogen) atoms. The van der Waals surface area contributed by atoms with Crippen molar-refractivity contribution < 1.29 is 27.5 Å². The normalized spacial score (nSPS) is 14.4. The largest absolute Gasteiger partial charge is 0.493 e. The average Bonchev–Trinajstić information content (AvgIpc) is 3.03. The first-order valence-corrected chi connectivity index (χ1v) is 17.0. The Morgan fingerprint density at radius 2 is 1.58 bits per heavy atom. The molecule has 3 aromatic rings. The lowest BCUT2D eigenvalue weighted by molar-refractivity contribution is -0.139. The van der Waals surface area contributed by atoms with Crippen LogP contribution < -0.4 is 19.1 Å². The van der Waals surface area contributed by atoms with Crippen LogP contribution in [-0.2, 0) is 26.2 Å². The maximum atomic E-state index is 14.3. The zero-order chi connectivity index (χ0) is 32.7. The number of rotatable bonds is 12. The Morgan fingerprint density at radius 1 is 0.911 bits per heavy atom. The molecule has 3 aromatic carbocycles. The molecule has 1 aliphatic rings. The second-order valence-corrected chi connectivity index (χ2v) is 13.8. The maximum Gasteiger partial charge on any atom is 0.264 e. The number of halogens is 2. The van der Waals surface area contributed by atoms with Gasteiger partial charge in [0, 0.05) is 18.7 Å². The van der Waals surface area contributed by atoms with Crippen LogP contribution in [0.3, 0.4) is 0 Å². The number of amides is 2. The van der Waals surface area contributed by atoms with Gasteiger partial charge in [-0.2, -0.15) is 0 Å². The highest BCUT2D eigenvalue weighted by Crippen LogP contribution is 2.34. The lowest BCUT2D eigenvalue weighted by atomic mass is 9.95. The van der Waals surface area contributed by atoms with E-state index in [4.69, 9.17) is 32.7 Å². The van der Waals surface area contributed by atoms with E-state index < -0.39 is 28.5 Å². The highest BCUT2D eigenvalue weighted by atomic mass is 35.5. The standard InChI is InChI=1S/C33H39Cl2N3O6S/c1-22-10-14-27(15-11-22)45(41,42)38(26-13-17-30(43-3)31(19-26)44-4)21-32(39)37(20-24-12-16-28(34)29(35)18-24)23(2)33(40)36-25-8-6-5-7-9-25/h10-19,23,25H,5-9,20-21H2,1-4H3,(H,36,40). The first-order chi connectivity index (χ1) is 21.4. The summed E-state index contributed by atoms with van der Waals surface area (Å²) >= 11 is 12.4. The third-order valence-electron chi connectivity index (χ3n) is 8.00. The second kappa shape index (κ2) is 15.2. The predicted octanol–water partition coefficient (Wildman–Crippen LogP) is 6.38. The summed E-state index contributed by atoms with van der Waals surface area (Å²) in [6.07, 6.45) is 4.94. The van der Waals surface area contributed by atoms with E-state index in [1.807, 2.05) is 6.92 Å². The van der Waals surface area contributed by atoms with E-state index in [2.05, 4.69) is 5.32 Å². The lowest BCUT2D eigenvalue weighted by Crippen LogP contribution is -2.53. The van der Waals surface area contributed by atoms with Gasteiger partial charge in [0.25, 0.3) is 10.0 Å². The Hall–Kier alpha value is -3.47. The fourth-order valence-electron chi connectivity index (χ4n) is 5.33. The zero-order valence-corrected chi connectivity index (χ0v) is 28.2. The molecule has 1 unspecified atom stereocenters. The number of methoxy groups -OCH3 is 2. The van der Waals surface area contributed by atoms with E-state index in [1.54, 1.807) is 49.4 Å². The molecular weight excluding hydrogens is 637 g/mol. The maximum absolute atomic E-state index is 14.3. The van der Waals surface area contributed by atoms with E-state index >= 15 is 0 Å². The Kier molecular flexibility index (Phi) is 11.6. The fourth-order valence-corrected chi connectivity index (χ4v) is 7.06. The van der Waals surface area contributed by atoms with Gasteiger partial charge in [-0.15, -0.1) is 0 Å². The quantitative estimate of drug-likeness (QED) is 0.239. The van der Waals surface area contributed by atoms with Crippen molar-refractivity contribution in [2.75, 3.05) is 25.1 Å². The fraction of sp³-hybridized carbons (Fsp3) is 0.394. The van der Waals surface area contributed by atoms with Crippen LogP contribution in [0, 0.1) is 6.92 Å². The van der Waals surface area contributed by atoms with Gasteiger partial charge in [0.2, 0.25) is 11.8 Å². The van der Waals surface area contributed by atoms with Gasteiger partial charge >= 0.3 is 0 Å². The van der Waals surface area contributed by atoms with Gasteiger partial charge in [0.15, 0.2) is 11.5 Å². The van der Waals surface area contributed by atoms with Crippen molar-refractivity contribution in [2.24, 2.45) is 0 Å². The van der Waals surface area contributed by atoms with Crippen molar-refractivity contribution in [1.29, 1.82) is 0 Å². The Balaban J connectivity index is 1.73. The molecule has 1 aliphatic carbocycles. The number of benzene rings is 3. The molecule has 0 heterocycles. The van der Waals surface area contributed by atoms with Crippen molar-refractivity contribution in [3.05, 3.63) is 81.8 Å². The van der Waals surface area contributed by atoms with E-state index in [1.165, 1.54) is 37.3 Å². The van der Waals surface area contributed by atoms with Crippen LogP contribution in [-0.4, -0.2) is 58.0 Å². The molecule has 0 aliphatic heterocycles. The molecule has 0 radical (unpaired) electrons. The van der Waals surface area contributed by atoms with Crippen LogP contribution in [0.5, 0.6) is 11.5 Å². The molecule has 1 saturated carbocycles. The van der Waals surface area contributed by atoms with E-state index in [9.17, 15) is 18.0 Å². The van der Waals surface area contributed by atoms with Crippen molar-refractivity contribution in [3.63, 3.8) is 0 Å². The van der Waals surface area contributed by atoms with Crippen molar-refractivity contribution in [1.82, 2.24) is 10.2 Å². The molecule has 0 spiro atoms. The minimum atomic E-state index is -4.25. The monoisotopic (exact) mass is 675 g/mol. The van der Waals surface area contributed by atoms with Gasteiger partial charge in [0.1, 0.15) is 12.6 Å². The van der Waals surface area contributed by atoms with Crippen LogP contribution in [0.1, 0.15) is 50.2 Å². The summed E-state index contributed by atoms with van der Waals surface area (Å²) in [5.74, 6) is -0.207. The highest BCUT2D eigenvalue weighted by Gasteiger charge is 2.33. The number of nitrogens with zero attached hydrogens (tertiary/aromatic N) is 2. The van der Waals surface area contributed by atoms with Crippen LogP contribution in [0.25, 0.3) is 0 Å². The molecule has 1 N–H and O–H groups in total. The SMILES string of the molecule is COc1ccc(N(CC(=O)N(Cc2ccc(Cl)c(Cl)c2)C(C)C(=O)NC2CCCCC2)S(=O)(=O)c2ccc(C)cc2)cc1OC.